The molecule has 1 aromatic carbocycles. The highest BCUT2D eigenvalue weighted by atomic mass is 35.5. The first-order valence-corrected chi connectivity index (χ1v) is 9.47. The second-order valence-electron chi connectivity index (χ2n) is 6.95. The standard InChI is InChI=1S/C17H26N2O2S.ClH/c1-10-11(2)13(4)17(14(5)12(10)3)22(20,21)19-8-15-6-18-7-16(15)9-19;/h15-16,18H,6-9H2,1-5H3;1H/t15-,16+;. The molecule has 130 valence electrons. The van der Waals surface area contributed by atoms with Gasteiger partial charge in [0.1, 0.15) is 0 Å². The highest BCUT2D eigenvalue weighted by Crippen LogP contribution is 2.35. The zero-order valence-electron chi connectivity index (χ0n) is 14.6. The lowest BCUT2D eigenvalue weighted by Crippen LogP contribution is -2.33. The second kappa shape index (κ2) is 6.36. The van der Waals surface area contributed by atoms with Crippen LogP contribution in [0.15, 0.2) is 4.90 Å². The Morgan fingerprint density at radius 1 is 0.826 bits per heavy atom. The number of nitrogens with one attached hydrogen (secondary N) is 1. The Balaban J connectivity index is 0.00000192. The van der Waals surface area contributed by atoms with Gasteiger partial charge in [0.05, 0.1) is 4.90 Å². The summed E-state index contributed by atoms with van der Waals surface area (Å²) < 4.78 is 28.2. The van der Waals surface area contributed by atoms with Crippen LogP contribution in [0.5, 0.6) is 0 Å². The Labute approximate surface area is 146 Å². The van der Waals surface area contributed by atoms with Crippen molar-refractivity contribution in [3.8, 4) is 0 Å². The van der Waals surface area contributed by atoms with E-state index in [1.54, 1.807) is 4.31 Å². The van der Waals surface area contributed by atoms with Gasteiger partial charge in [-0.3, -0.25) is 0 Å². The molecule has 1 N–H and O–H groups in total. The van der Waals surface area contributed by atoms with E-state index in [2.05, 4.69) is 12.2 Å². The molecule has 4 nitrogen and oxygen atoms in total. The Hall–Kier alpha value is -0.620. The van der Waals surface area contributed by atoms with Crippen LogP contribution >= 0.6 is 12.4 Å². The first kappa shape index (κ1) is 18.7. The third-order valence-electron chi connectivity index (χ3n) is 5.89. The van der Waals surface area contributed by atoms with E-state index in [9.17, 15) is 8.42 Å². The van der Waals surface area contributed by atoms with Crippen LogP contribution in [-0.4, -0.2) is 38.9 Å². The van der Waals surface area contributed by atoms with Crippen molar-refractivity contribution in [1.82, 2.24) is 9.62 Å². The quantitative estimate of drug-likeness (QED) is 0.883. The highest BCUT2D eigenvalue weighted by Gasteiger charge is 2.42. The normalized spacial score (nSPS) is 24.6. The summed E-state index contributed by atoms with van der Waals surface area (Å²) >= 11 is 0. The van der Waals surface area contributed by atoms with E-state index in [-0.39, 0.29) is 12.4 Å². The molecule has 3 rings (SSSR count). The minimum Gasteiger partial charge on any atom is -0.316 e. The minimum absolute atomic E-state index is 0. The lowest BCUT2D eigenvalue weighted by atomic mass is 9.95. The van der Waals surface area contributed by atoms with Crippen LogP contribution in [0.25, 0.3) is 0 Å². The summed E-state index contributed by atoms with van der Waals surface area (Å²) in [5.74, 6) is 0.950. The maximum Gasteiger partial charge on any atom is 0.243 e. The summed E-state index contributed by atoms with van der Waals surface area (Å²) in [5.41, 5.74) is 5.23. The van der Waals surface area contributed by atoms with Crippen molar-refractivity contribution in [3.63, 3.8) is 0 Å². The molecule has 0 radical (unpaired) electrons. The van der Waals surface area contributed by atoms with Gasteiger partial charge in [-0.05, 0) is 87.4 Å². The van der Waals surface area contributed by atoms with Crippen molar-refractivity contribution in [3.05, 3.63) is 27.8 Å². The third-order valence-corrected chi connectivity index (χ3v) is 7.99. The Morgan fingerprint density at radius 3 is 1.65 bits per heavy atom. The monoisotopic (exact) mass is 358 g/mol. The topological polar surface area (TPSA) is 49.4 Å². The van der Waals surface area contributed by atoms with Gasteiger partial charge in [-0.2, -0.15) is 4.31 Å². The SMILES string of the molecule is Cc1c(C)c(C)c(S(=O)(=O)N2C[C@H]3CNC[C@H]3C2)c(C)c1C.Cl. The van der Waals surface area contributed by atoms with E-state index in [0.29, 0.717) is 29.8 Å². The number of nitrogens with zero attached hydrogens (tertiary/aromatic N) is 1. The molecule has 0 amide bonds. The fraction of sp³-hybridized carbons (Fsp3) is 0.647. The van der Waals surface area contributed by atoms with Crippen LogP contribution in [0.1, 0.15) is 27.8 Å². The summed E-state index contributed by atoms with van der Waals surface area (Å²) in [6.45, 7) is 13.2. The Kier molecular flexibility index (Phi) is 5.17. The molecule has 1 aromatic rings. The van der Waals surface area contributed by atoms with Gasteiger partial charge < -0.3 is 5.32 Å². The van der Waals surface area contributed by atoms with Crippen LogP contribution in [0.3, 0.4) is 0 Å². The van der Waals surface area contributed by atoms with Gasteiger partial charge in [-0.15, -0.1) is 12.4 Å². The molecule has 2 aliphatic rings. The molecule has 6 heteroatoms. The van der Waals surface area contributed by atoms with Gasteiger partial charge in [0, 0.05) is 13.1 Å². The van der Waals surface area contributed by atoms with E-state index in [1.165, 1.54) is 5.56 Å². The van der Waals surface area contributed by atoms with Gasteiger partial charge in [-0.25, -0.2) is 8.42 Å². The third kappa shape index (κ3) is 2.82. The zero-order valence-corrected chi connectivity index (χ0v) is 16.2. The highest BCUT2D eigenvalue weighted by molar-refractivity contribution is 7.89. The smallest absolute Gasteiger partial charge is 0.243 e. The van der Waals surface area contributed by atoms with Gasteiger partial charge in [-0.1, -0.05) is 0 Å². The summed E-state index contributed by atoms with van der Waals surface area (Å²) in [6.07, 6.45) is 0. The summed E-state index contributed by atoms with van der Waals surface area (Å²) in [5, 5.41) is 3.36. The number of fused-ring (bicyclic) bond motifs is 1. The fourth-order valence-electron chi connectivity index (χ4n) is 3.99. The molecule has 2 heterocycles. The first-order chi connectivity index (χ1) is 10.2. The second-order valence-corrected chi connectivity index (χ2v) is 8.83. The Morgan fingerprint density at radius 2 is 1.22 bits per heavy atom. The van der Waals surface area contributed by atoms with Crippen LogP contribution in [0.2, 0.25) is 0 Å². The lowest BCUT2D eigenvalue weighted by molar-refractivity contribution is 0.447. The van der Waals surface area contributed by atoms with Crippen molar-refractivity contribution >= 4 is 22.4 Å². The van der Waals surface area contributed by atoms with Crippen molar-refractivity contribution in [2.75, 3.05) is 26.2 Å². The predicted octanol–water partition coefficient (Wildman–Crippen LogP) is 2.49. The van der Waals surface area contributed by atoms with Crippen LogP contribution in [-0.2, 0) is 10.0 Å². The van der Waals surface area contributed by atoms with Crippen molar-refractivity contribution < 1.29 is 8.42 Å². The van der Waals surface area contributed by atoms with Gasteiger partial charge in [0.25, 0.3) is 0 Å². The number of benzene rings is 1. The molecule has 0 aromatic heterocycles. The van der Waals surface area contributed by atoms with E-state index >= 15 is 0 Å². The van der Waals surface area contributed by atoms with Crippen molar-refractivity contribution in [1.29, 1.82) is 0 Å². The molecule has 2 aliphatic heterocycles. The van der Waals surface area contributed by atoms with Crippen molar-refractivity contribution in [2.24, 2.45) is 11.8 Å². The molecule has 0 unspecified atom stereocenters. The van der Waals surface area contributed by atoms with E-state index in [0.717, 1.165) is 35.3 Å². The van der Waals surface area contributed by atoms with Gasteiger partial charge >= 0.3 is 0 Å². The largest absolute Gasteiger partial charge is 0.316 e. The Bertz CT molecular complexity index is 690. The molecule has 0 spiro atoms. The summed E-state index contributed by atoms with van der Waals surface area (Å²) in [7, 11) is -3.40. The van der Waals surface area contributed by atoms with E-state index < -0.39 is 10.0 Å². The van der Waals surface area contributed by atoms with E-state index in [1.807, 2.05) is 27.7 Å². The molecular formula is C17H27ClN2O2S. The minimum atomic E-state index is -3.40. The maximum absolute atomic E-state index is 13.2. The van der Waals surface area contributed by atoms with E-state index in [4.69, 9.17) is 0 Å². The molecule has 2 atom stereocenters. The number of sulfonamides is 1. The average molecular weight is 359 g/mol. The van der Waals surface area contributed by atoms with Crippen LogP contribution < -0.4 is 5.32 Å². The summed E-state index contributed by atoms with van der Waals surface area (Å²) in [4.78, 5) is 0.543. The number of halogens is 1. The molecule has 23 heavy (non-hydrogen) atoms. The maximum atomic E-state index is 13.2. The average Bonchev–Trinajstić information content (AvgIpc) is 3.04. The molecule has 0 bridgehead atoms. The number of hydrogen-bond donors (Lipinski definition) is 1. The number of hydrogen-bond acceptors (Lipinski definition) is 3. The van der Waals surface area contributed by atoms with Gasteiger partial charge in [0.2, 0.25) is 10.0 Å². The molecule has 2 saturated heterocycles. The molecular weight excluding hydrogens is 332 g/mol. The molecule has 0 aliphatic carbocycles. The first-order valence-electron chi connectivity index (χ1n) is 8.03. The number of rotatable bonds is 2. The fourth-order valence-corrected chi connectivity index (χ4v) is 6.10. The van der Waals surface area contributed by atoms with Crippen molar-refractivity contribution in [2.45, 2.75) is 39.5 Å². The van der Waals surface area contributed by atoms with Crippen LogP contribution in [0, 0.1) is 46.5 Å². The molecule has 2 fully saturated rings. The molecule has 0 saturated carbocycles. The lowest BCUT2D eigenvalue weighted by Gasteiger charge is -2.23. The predicted molar refractivity (Wildman–Crippen MR) is 96.0 cm³/mol. The zero-order chi connectivity index (χ0) is 16.2. The van der Waals surface area contributed by atoms with Crippen LogP contribution in [0.4, 0.5) is 0 Å². The summed E-state index contributed by atoms with van der Waals surface area (Å²) in [6, 6.07) is 0. The van der Waals surface area contributed by atoms with Gasteiger partial charge in [0.15, 0.2) is 0 Å².